The summed E-state index contributed by atoms with van der Waals surface area (Å²) in [7, 11) is 0. The van der Waals surface area contributed by atoms with Crippen LogP contribution in [0.1, 0.15) is 40.0 Å². The van der Waals surface area contributed by atoms with Crippen LogP contribution < -0.4 is 0 Å². The van der Waals surface area contributed by atoms with E-state index in [9.17, 15) is 5.26 Å². The van der Waals surface area contributed by atoms with Crippen molar-refractivity contribution in [2.45, 2.75) is 25.0 Å². The highest BCUT2D eigenvalue weighted by atomic mass is 16.5. The van der Waals surface area contributed by atoms with Gasteiger partial charge in [-0.2, -0.15) is 5.26 Å². The summed E-state index contributed by atoms with van der Waals surface area (Å²) < 4.78 is 12.2. The largest absolute Gasteiger partial charge is 0.372 e. The van der Waals surface area contributed by atoms with Crippen LogP contribution in [0.4, 0.5) is 5.69 Å². The van der Waals surface area contributed by atoms with Gasteiger partial charge in [-0.05, 0) is 41.2 Å². The van der Waals surface area contributed by atoms with Gasteiger partial charge in [0.25, 0.3) is 0 Å². The Balaban J connectivity index is 1.19. The van der Waals surface area contributed by atoms with E-state index in [0.717, 1.165) is 68.9 Å². The minimum atomic E-state index is 0.0409. The molecule has 2 aromatic rings. The molecule has 2 unspecified atom stereocenters. The van der Waals surface area contributed by atoms with E-state index >= 15 is 0 Å². The fourth-order valence-electron chi connectivity index (χ4n) is 5.27. The number of fused-ring (bicyclic) bond motifs is 2. The molecule has 1 fully saturated rings. The molecule has 164 valence electrons. The van der Waals surface area contributed by atoms with Crippen molar-refractivity contribution in [2.24, 2.45) is 0 Å². The Morgan fingerprint density at radius 2 is 1.44 bits per heavy atom. The molecule has 0 radical (unpaired) electrons. The Bertz CT molecular complexity index is 977. The van der Waals surface area contributed by atoms with Gasteiger partial charge < -0.3 is 9.47 Å². The standard InChI is InChI=1S/C26H28N4O2/c1-28-24-7-3-6-23-21(24)9-15-32-26(23)18-30-12-10-29(11-13-30)17-25-22-5-2-4-19(16-27)20(22)8-14-31-25/h2-7,25-26H,8-15,17-18H2. The first kappa shape index (κ1) is 21.1. The van der Waals surface area contributed by atoms with Crippen LogP contribution in [-0.2, 0) is 22.3 Å². The predicted octanol–water partition coefficient (Wildman–Crippen LogP) is 3.65. The smallest absolute Gasteiger partial charge is 0.190 e. The Kier molecular flexibility index (Phi) is 6.21. The highest BCUT2D eigenvalue weighted by Gasteiger charge is 2.29. The molecule has 3 aliphatic heterocycles. The fourth-order valence-corrected chi connectivity index (χ4v) is 5.27. The summed E-state index contributed by atoms with van der Waals surface area (Å²) in [6.07, 6.45) is 1.74. The summed E-state index contributed by atoms with van der Waals surface area (Å²) in [5.74, 6) is 0. The molecule has 1 saturated heterocycles. The van der Waals surface area contributed by atoms with Gasteiger partial charge in [-0.3, -0.25) is 9.80 Å². The molecule has 5 rings (SSSR count). The lowest BCUT2D eigenvalue weighted by Crippen LogP contribution is -2.49. The zero-order valence-corrected chi connectivity index (χ0v) is 18.3. The number of hydrogen-bond acceptors (Lipinski definition) is 5. The lowest BCUT2D eigenvalue weighted by molar-refractivity contribution is -0.0135. The van der Waals surface area contributed by atoms with E-state index in [-0.39, 0.29) is 12.2 Å². The van der Waals surface area contributed by atoms with Crippen LogP contribution in [0.3, 0.4) is 0 Å². The number of nitrogens with zero attached hydrogens (tertiary/aromatic N) is 4. The lowest BCUT2D eigenvalue weighted by Gasteiger charge is -2.39. The summed E-state index contributed by atoms with van der Waals surface area (Å²) in [5, 5.41) is 9.42. The van der Waals surface area contributed by atoms with Gasteiger partial charge in [0.15, 0.2) is 5.69 Å². The lowest BCUT2D eigenvalue weighted by atomic mass is 9.93. The van der Waals surface area contributed by atoms with Crippen molar-refractivity contribution in [3.8, 4) is 6.07 Å². The number of hydrogen-bond donors (Lipinski definition) is 0. The molecule has 0 amide bonds. The Labute approximate surface area is 189 Å². The third-order valence-electron chi connectivity index (χ3n) is 6.99. The van der Waals surface area contributed by atoms with Crippen LogP contribution in [0.25, 0.3) is 4.85 Å². The quantitative estimate of drug-likeness (QED) is 0.696. The minimum Gasteiger partial charge on any atom is -0.372 e. The van der Waals surface area contributed by atoms with Gasteiger partial charge in [0.2, 0.25) is 0 Å². The molecule has 0 bridgehead atoms. The Morgan fingerprint density at radius 3 is 2.03 bits per heavy atom. The van der Waals surface area contributed by atoms with Gasteiger partial charge >= 0.3 is 0 Å². The molecule has 6 nitrogen and oxygen atoms in total. The molecular formula is C26H28N4O2. The van der Waals surface area contributed by atoms with Crippen LogP contribution in [0.15, 0.2) is 36.4 Å². The highest BCUT2D eigenvalue weighted by Crippen LogP contribution is 2.34. The molecule has 0 aliphatic carbocycles. The van der Waals surface area contributed by atoms with E-state index in [0.29, 0.717) is 13.2 Å². The maximum atomic E-state index is 9.42. The normalized spacial score (nSPS) is 23.6. The first-order valence-electron chi connectivity index (χ1n) is 11.5. The zero-order valence-electron chi connectivity index (χ0n) is 18.3. The zero-order chi connectivity index (χ0) is 21.9. The number of rotatable bonds is 4. The van der Waals surface area contributed by atoms with E-state index in [1.165, 1.54) is 16.7 Å². The molecule has 0 saturated carbocycles. The monoisotopic (exact) mass is 428 g/mol. The molecule has 2 atom stereocenters. The van der Waals surface area contributed by atoms with Crippen molar-refractivity contribution < 1.29 is 9.47 Å². The van der Waals surface area contributed by atoms with E-state index in [2.05, 4.69) is 32.8 Å². The molecule has 32 heavy (non-hydrogen) atoms. The van der Waals surface area contributed by atoms with Gasteiger partial charge in [-0.15, -0.1) is 0 Å². The minimum absolute atomic E-state index is 0.0409. The maximum absolute atomic E-state index is 9.42. The third-order valence-corrected chi connectivity index (χ3v) is 6.99. The number of benzene rings is 2. The fraction of sp³-hybridized carbons (Fsp3) is 0.462. The molecule has 0 spiro atoms. The van der Waals surface area contributed by atoms with Gasteiger partial charge in [0, 0.05) is 39.3 Å². The summed E-state index contributed by atoms with van der Waals surface area (Å²) >= 11 is 0. The average Bonchev–Trinajstić information content (AvgIpc) is 2.85. The third kappa shape index (κ3) is 4.16. The second-order valence-corrected chi connectivity index (χ2v) is 8.76. The number of nitriles is 1. The second kappa shape index (κ2) is 9.40. The Morgan fingerprint density at radius 1 is 0.875 bits per heavy atom. The van der Waals surface area contributed by atoms with Gasteiger partial charge in [0.1, 0.15) is 0 Å². The summed E-state index contributed by atoms with van der Waals surface area (Å²) in [6, 6.07) is 14.3. The summed E-state index contributed by atoms with van der Waals surface area (Å²) in [6.45, 7) is 14.5. The van der Waals surface area contributed by atoms with Gasteiger partial charge in [0.05, 0.1) is 43.6 Å². The first-order valence-corrected chi connectivity index (χ1v) is 11.5. The molecule has 0 aromatic heterocycles. The van der Waals surface area contributed by atoms with Crippen molar-refractivity contribution in [3.05, 3.63) is 75.6 Å². The van der Waals surface area contributed by atoms with Crippen molar-refractivity contribution in [2.75, 3.05) is 52.5 Å². The van der Waals surface area contributed by atoms with Crippen LogP contribution in [0, 0.1) is 17.9 Å². The summed E-state index contributed by atoms with van der Waals surface area (Å²) in [5.41, 5.74) is 6.26. The molecule has 0 N–H and O–H groups in total. The van der Waals surface area contributed by atoms with Crippen LogP contribution >= 0.6 is 0 Å². The number of ether oxygens (including phenoxy) is 2. The van der Waals surface area contributed by atoms with Gasteiger partial charge in [-0.1, -0.05) is 30.3 Å². The van der Waals surface area contributed by atoms with Gasteiger partial charge in [-0.25, -0.2) is 4.85 Å². The van der Waals surface area contributed by atoms with E-state index < -0.39 is 0 Å². The Hall–Kier alpha value is -2.74. The van der Waals surface area contributed by atoms with Crippen LogP contribution in [0.2, 0.25) is 0 Å². The topological polar surface area (TPSA) is 53.1 Å². The first-order chi connectivity index (χ1) is 15.8. The predicted molar refractivity (Wildman–Crippen MR) is 122 cm³/mol. The van der Waals surface area contributed by atoms with Crippen LogP contribution in [0.5, 0.6) is 0 Å². The maximum Gasteiger partial charge on any atom is 0.190 e. The van der Waals surface area contributed by atoms with E-state index in [1.54, 1.807) is 0 Å². The van der Waals surface area contributed by atoms with E-state index in [4.69, 9.17) is 16.0 Å². The number of piperazine rings is 1. The molecular weight excluding hydrogens is 400 g/mol. The summed E-state index contributed by atoms with van der Waals surface area (Å²) in [4.78, 5) is 8.65. The second-order valence-electron chi connectivity index (χ2n) is 8.76. The average molecular weight is 429 g/mol. The van der Waals surface area contributed by atoms with Crippen molar-refractivity contribution in [3.63, 3.8) is 0 Å². The van der Waals surface area contributed by atoms with Crippen molar-refractivity contribution in [1.29, 1.82) is 5.26 Å². The molecule has 2 aromatic carbocycles. The molecule has 6 heteroatoms. The molecule has 3 aliphatic rings. The van der Waals surface area contributed by atoms with Crippen molar-refractivity contribution in [1.82, 2.24) is 9.80 Å². The SMILES string of the molecule is [C-]#[N+]c1cccc2c1CCOC2CN1CCN(CC2OCCc3c(C#N)cccc32)CC1. The van der Waals surface area contributed by atoms with E-state index in [1.807, 2.05) is 24.3 Å². The van der Waals surface area contributed by atoms with Crippen LogP contribution in [-0.4, -0.2) is 62.3 Å². The van der Waals surface area contributed by atoms with Crippen molar-refractivity contribution >= 4 is 5.69 Å². The molecule has 3 heterocycles. The highest BCUT2D eigenvalue weighted by molar-refractivity contribution is 5.57.